The molecule has 0 saturated carbocycles. The standard InChI is InChI=1S/C16H25NO2/c1-6-17-13(4)7-8-14-9-10-15(19-12(2)3)16(11-14)18-5/h7-13,17H,6H2,1-5H3/b8-7+. The Morgan fingerprint density at radius 2 is 1.95 bits per heavy atom. The van der Waals surface area contributed by atoms with Gasteiger partial charge < -0.3 is 14.8 Å². The predicted octanol–water partition coefficient (Wildman–Crippen LogP) is 3.49. The smallest absolute Gasteiger partial charge is 0.161 e. The third-order valence-electron chi connectivity index (χ3n) is 2.65. The molecule has 1 rings (SSSR count). The number of nitrogens with one attached hydrogen (secondary N) is 1. The first-order valence-corrected chi connectivity index (χ1v) is 6.83. The van der Waals surface area contributed by atoms with Gasteiger partial charge in [-0.1, -0.05) is 25.1 Å². The van der Waals surface area contributed by atoms with Crippen molar-refractivity contribution in [2.75, 3.05) is 13.7 Å². The Hall–Kier alpha value is -1.48. The van der Waals surface area contributed by atoms with Gasteiger partial charge in [-0.2, -0.15) is 0 Å². The van der Waals surface area contributed by atoms with Gasteiger partial charge in [-0.3, -0.25) is 0 Å². The number of rotatable bonds is 7. The molecule has 1 aromatic carbocycles. The number of methoxy groups -OCH3 is 1. The van der Waals surface area contributed by atoms with E-state index < -0.39 is 0 Å². The van der Waals surface area contributed by atoms with Crippen molar-refractivity contribution in [2.45, 2.75) is 39.8 Å². The highest BCUT2D eigenvalue weighted by Crippen LogP contribution is 2.29. The van der Waals surface area contributed by atoms with Crippen LogP contribution in [-0.4, -0.2) is 25.8 Å². The summed E-state index contributed by atoms with van der Waals surface area (Å²) in [6.07, 6.45) is 4.38. The second kappa shape index (κ2) is 7.85. The van der Waals surface area contributed by atoms with Gasteiger partial charge in [0.15, 0.2) is 11.5 Å². The summed E-state index contributed by atoms with van der Waals surface area (Å²) in [5.74, 6) is 1.56. The van der Waals surface area contributed by atoms with Crippen molar-refractivity contribution in [1.29, 1.82) is 0 Å². The maximum atomic E-state index is 5.69. The van der Waals surface area contributed by atoms with Crippen LogP contribution in [0, 0.1) is 0 Å². The molecule has 1 N–H and O–H groups in total. The fraction of sp³-hybridized carbons (Fsp3) is 0.500. The molecule has 0 saturated heterocycles. The second-order valence-electron chi connectivity index (χ2n) is 4.78. The lowest BCUT2D eigenvalue weighted by Gasteiger charge is -2.14. The largest absolute Gasteiger partial charge is 0.493 e. The van der Waals surface area contributed by atoms with Crippen LogP contribution < -0.4 is 14.8 Å². The topological polar surface area (TPSA) is 30.5 Å². The average Bonchev–Trinajstić information content (AvgIpc) is 2.37. The van der Waals surface area contributed by atoms with Crippen molar-refractivity contribution in [3.05, 3.63) is 29.8 Å². The Kier molecular flexibility index (Phi) is 6.43. The van der Waals surface area contributed by atoms with Gasteiger partial charge in [0.1, 0.15) is 0 Å². The zero-order valence-corrected chi connectivity index (χ0v) is 12.6. The van der Waals surface area contributed by atoms with E-state index in [1.54, 1.807) is 7.11 Å². The molecule has 0 aromatic heterocycles. The van der Waals surface area contributed by atoms with Crippen LogP contribution in [0.2, 0.25) is 0 Å². The summed E-state index contributed by atoms with van der Waals surface area (Å²) in [4.78, 5) is 0. The fourth-order valence-electron chi connectivity index (χ4n) is 1.78. The van der Waals surface area contributed by atoms with Crippen LogP contribution in [0.25, 0.3) is 6.08 Å². The van der Waals surface area contributed by atoms with Crippen LogP contribution in [0.1, 0.15) is 33.3 Å². The van der Waals surface area contributed by atoms with Gasteiger partial charge in [-0.15, -0.1) is 0 Å². The highest BCUT2D eigenvalue weighted by molar-refractivity contribution is 5.56. The van der Waals surface area contributed by atoms with Crippen molar-refractivity contribution in [3.8, 4) is 11.5 Å². The number of likely N-dealkylation sites (N-methyl/N-ethyl adjacent to an activating group) is 1. The summed E-state index contributed by atoms with van der Waals surface area (Å²) in [6.45, 7) is 9.21. The third kappa shape index (κ3) is 5.35. The van der Waals surface area contributed by atoms with Gasteiger partial charge in [0.2, 0.25) is 0 Å². The minimum absolute atomic E-state index is 0.143. The van der Waals surface area contributed by atoms with Gasteiger partial charge >= 0.3 is 0 Å². The SMILES string of the molecule is CCNC(C)/C=C/c1ccc(OC(C)C)c(OC)c1. The number of hydrogen-bond donors (Lipinski definition) is 1. The molecule has 0 aliphatic heterocycles. The van der Waals surface area contributed by atoms with Crippen molar-refractivity contribution in [1.82, 2.24) is 5.32 Å². The lowest BCUT2D eigenvalue weighted by molar-refractivity contribution is 0.230. The van der Waals surface area contributed by atoms with Crippen LogP contribution in [-0.2, 0) is 0 Å². The normalized spacial score (nSPS) is 12.9. The van der Waals surface area contributed by atoms with Crippen LogP contribution in [0.15, 0.2) is 24.3 Å². The molecule has 1 unspecified atom stereocenters. The van der Waals surface area contributed by atoms with Gasteiger partial charge in [0.05, 0.1) is 13.2 Å². The Balaban J connectivity index is 2.81. The molecule has 0 radical (unpaired) electrons. The average molecular weight is 263 g/mol. The van der Waals surface area contributed by atoms with E-state index in [2.05, 4.69) is 31.3 Å². The Labute approximate surface area is 116 Å². The molecule has 0 amide bonds. The summed E-state index contributed by atoms with van der Waals surface area (Å²) in [5, 5.41) is 3.34. The molecule has 3 nitrogen and oxygen atoms in total. The maximum absolute atomic E-state index is 5.69. The lowest BCUT2D eigenvalue weighted by atomic mass is 10.1. The minimum Gasteiger partial charge on any atom is -0.493 e. The van der Waals surface area contributed by atoms with E-state index in [-0.39, 0.29) is 6.10 Å². The first-order valence-electron chi connectivity index (χ1n) is 6.83. The first kappa shape index (κ1) is 15.6. The summed E-state index contributed by atoms with van der Waals surface area (Å²) in [6, 6.07) is 6.35. The quantitative estimate of drug-likeness (QED) is 0.817. The Morgan fingerprint density at radius 3 is 2.53 bits per heavy atom. The fourth-order valence-corrected chi connectivity index (χ4v) is 1.78. The minimum atomic E-state index is 0.143. The molecule has 1 atom stereocenters. The van der Waals surface area contributed by atoms with Crippen molar-refractivity contribution < 1.29 is 9.47 Å². The molecule has 0 heterocycles. The van der Waals surface area contributed by atoms with Gasteiger partial charge in [-0.05, 0) is 45.0 Å². The molecule has 0 fully saturated rings. The highest BCUT2D eigenvalue weighted by atomic mass is 16.5. The summed E-state index contributed by atoms with van der Waals surface area (Å²) >= 11 is 0. The first-order chi connectivity index (χ1) is 9.06. The van der Waals surface area contributed by atoms with Gasteiger partial charge in [0, 0.05) is 6.04 Å². The summed E-state index contributed by atoms with van der Waals surface area (Å²) in [7, 11) is 1.66. The van der Waals surface area contributed by atoms with Gasteiger partial charge in [-0.25, -0.2) is 0 Å². The lowest BCUT2D eigenvalue weighted by Crippen LogP contribution is -2.22. The van der Waals surface area contributed by atoms with E-state index in [1.807, 2.05) is 32.0 Å². The zero-order valence-electron chi connectivity index (χ0n) is 12.6. The van der Waals surface area contributed by atoms with Crippen LogP contribution in [0.4, 0.5) is 0 Å². The van der Waals surface area contributed by atoms with E-state index in [0.717, 1.165) is 23.6 Å². The molecule has 0 aliphatic carbocycles. The molecular formula is C16H25NO2. The monoisotopic (exact) mass is 263 g/mol. The summed E-state index contributed by atoms with van der Waals surface area (Å²) < 4.78 is 11.1. The third-order valence-corrected chi connectivity index (χ3v) is 2.65. The molecule has 1 aromatic rings. The predicted molar refractivity (Wildman–Crippen MR) is 80.9 cm³/mol. The number of hydrogen-bond acceptors (Lipinski definition) is 3. The molecule has 3 heteroatoms. The Bertz CT molecular complexity index is 413. The van der Waals surface area contributed by atoms with E-state index >= 15 is 0 Å². The van der Waals surface area contributed by atoms with E-state index in [1.165, 1.54) is 0 Å². The molecular weight excluding hydrogens is 238 g/mol. The Morgan fingerprint density at radius 1 is 1.21 bits per heavy atom. The van der Waals surface area contributed by atoms with Crippen molar-refractivity contribution in [3.63, 3.8) is 0 Å². The van der Waals surface area contributed by atoms with Crippen LogP contribution in [0.5, 0.6) is 11.5 Å². The van der Waals surface area contributed by atoms with Gasteiger partial charge in [0.25, 0.3) is 0 Å². The van der Waals surface area contributed by atoms with E-state index in [9.17, 15) is 0 Å². The van der Waals surface area contributed by atoms with Crippen LogP contribution in [0.3, 0.4) is 0 Å². The molecule has 0 aliphatic rings. The van der Waals surface area contributed by atoms with E-state index in [4.69, 9.17) is 9.47 Å². The number of ether oxygens (including phenoxy) is 2. The molecule has 0 bridgehead atoms. The highest BCUT2D eigenvalue weighted by Gasteiger charge is 2.06. The number of benzene rings is 1. The molecule has 0 spiro atoms. The van der Waals surface area contributed by atoms with Crippen molar-refractivity contribution >= 4 is 6.08 Å². The van der Waals surface area contributed by atoms with Crippen molar-refractivity contribution in [2.24, 2.45) is 0 Å². The zero-order chi connectivity index (χ0) is 14.3. The maximum Gasteiger partial charge on any atom is 0.161 e. The van der Waals surface area contributed by atoms with E-state index in [0.29, 0.717) is 6.04 Å². The molecule has 19 heavy (non-hydrogen) atoms. The molecule has 106 valence electrons. The van der Waals surface area contributed by atoms with Crippen LogP contribution >= 0.6 is 0 Å². The summed E-state index contributed by atoms with van der Waals surface area (Å²) in [5.41, 5.74) is 1.11. The second-order valence-corrected chi connectivity index (χ2v) is 4.78.